The number of aliphatic hydroxyl groups excluding tert-OH is 2. The van der Waals surface area contributed by atoms with Gasteiger partial charge in [0.15, 0.2) is 6.29 Å². The standard InChI is InChI=1S/C22H28F2N2O3/c1-12-7-18(11-27)29-22(28)21(12)25-14(3)19-10-26(15(4)13(19)2)9-16-5-6-17(23)8-20(16)24/h5-6,8,10,12,18,21-22,25,27-28H,3,7,9,11H2,1-2,4H3/t12?,18?,21-,22?/m1/s1. The molecule has 0 amide bonds. The topological polar surface area (TPSA) is 66.7 Å². The van der Waals surface area contributed by atoms with Crippen molar-refractivity contribution in [1.82, 2.24) is 9.88 Å². The molecular weight excluding hydrogens is 378 g/mol. The number of rotatable bonds is 6. The quantitative estimate of drug-likeness (QED) is 0.690. The van der Waals surface area contributed by atoms with Gasteiger partial charge in [-0.2, -0.15) is 0 Å². The molecule has 7 heteroatoms. The van der Waals surface area contributed by atoms with Crippen molar-refractivity contribution in [2.75, 3.05) is 6.61 Å². The van der Waals surface area contributed by atoms with Gasteiger partial charge in [0.2, 0.25) is 0 Å². The summed E-state index contributed by atoms with van der Waals surface area (Å²) in [5.74, 6) is -1.11. The van der Waals surface area contributed by atoms with Crippen LogP contribution in [0.3, 0.4) is 0 Å². The molecule has 2 heterocycles. The van der Waals surface area contributed by atoms with Gasteiger partial charge < -0.3 is 24.8 Å². The van der Waals surface area contributed by atoms with Crippen LogP contribution in [-0.4, -0.2) is 39.8 Å². The highest BCUT2D eigenvalue weighted by atomic mass is 19.1. The predicted molar refractivity (Wildman–Crippen MR) is 107 cm³/mol. The van der Waals surface area contributed by atoms with Crippen molar-refractivity contribution in [3.63, 3.8) is 0 Å². The lowest BCUT2D eigenvalue weighted by Crippen LogP contribution is -2.52. The molecule has 29 heavy (non-hydrogen) atoms. The smallest absolute Gasteiger partial charge is 0.175 e. The minimum atomic E-state index is -1.05. The first-order valence-electron chi connectivity index (χ1n) is 9.71. The highest BCUT2D eigenvalue weighted by Gasteiger charge is 2.35. The molecule has 0 bridgehead atoms. The van der Waals surface area contributed by atoms with Crippen molar-refractivity contribution >= 4 is 5.70 Å². The molecule has 1 aliphatic heterocycles. The molecule has 1 aliphatic rings. The number of aromatic nitrogens is 1. The van der Waals surface area contributed by atoms with E-state index < -0.39 is 17.9 Å². The lowest BCUT2D eigenvalue weighted by Gasteiger charge is -2.38. The van der Waals surface area contributed by atoms with Gasteiger partial charge >= 0.3 is 0 Å². The molecule has 1 aromatic carbocycles. The van der Waals surface area contributed by atoms with Gasteiger partial charge in [-0.25, -0.2) is 8.78 Å². The summed E-state index contributed by atoms with van der Waals surface area (Å²) in [5.41, 5.74) is 3.81. The van der Waals surface area contributed by atoms with E-state index in [1.165, 1.54) is 12.1 Å². The molecule has 5 nitrogen and oxygen atoms in total. The van der Waals surface area contributed by atoms with Gasteiger partial charge in [0.05, 0.1) is 25.3 Å². The molecule has 0 radical (unpaired) electrons. The van der Waals surface area contributed by atoms with Crippen molar-refractivity contribution < 1.29 is 23.7 Å². The Labute approximate surface area is 169 Å². The molecule has 3 N–H and O–H groups in total. The highest BCUT2D eigenvalue weighted by Crippen LogP contribution is 2.28. The Hall–Kier alpha value is -2.22. The fraction of sp³-hybridized carbons (Fsp3) is 0.455. The van der Waals surface area contributed by atoms with Gasteiger partial charge in [0.1, 0.15) is 11.6 Å². The van der Waals surface area contributed by atoms with E-state index in [0.717, 1.165) is 22.9 Å². The molecule has 3 unspecified atom stereocenters. The Kier molecular flexibility index (Phi) is 6.41. The minimum Gasteiger partial charge on any atom is -0.394 e. The molecular formula is C22H28F2N2O3. The number of nitrogens with one attached hydrogen (secondary N) is 1. The van der Waals surface area contributed by atoms with E-state index in [9.17, 15) is 19.0 Å². The largest absolute Gasteiger partial charge is 0.394 e. The van der Waals surface area contributed by atoms with E-state index in [-0.39, 0.29) is 31.2 Å². The van der Waals surface area contributed by atoms with Crippen LogP contribution in [0.5, 0.6) is 0 Å². The summed E-state index contributed by atoms with van der Waals surface area (Å²) in [6.07, 6.45) is 1.08. The molecule has 2 aromatic rings. The maximum atomic E-state index is 14.0. The van der Waals surface area contributed by atoms with Crippen molar-refractivity contribution in [3.8, 4) is 0 Å². The summed E-state index contributed by atoms with van der Waals surface area (Å²) < 4.78 is 34.5. The second-order valence-corrected chi connectivity index (χ2v) is 7.81. The first-order chi connectivity index (χ1) is 13.7. The number of hydrogen-bond acceptors (Lipinski definition) is 4. The first kappa shape index (κ1) is 21.5. The number of benzene rings is 1. The van der Waals surface area contributed by atoms with Crippen LogP contribution in [0.2, 0.25) is 0 Å². The lowest BCUT2D eigenvalue weighted by molar-refractivity contribution is -0.198. The summed E-state index contributed by atoms with van der Waals surface area (Å²) >= 11 is 0. The fourth-order valence-corrected chi connectivity index (χ4v) is 3.85. The van der Waals surface area contributed by atoms with Gasteiger partial charge in [-0.1, -0.05) is 19.6 Å². The normalized spacial score (nSPS) is 24.5. The van der Waals surface area contributed by atoms with Crippen LogP contribution < -0.4 is 5.32 Å². The van der Waals surface area contributed by atoms with E-state index in [4.69, 9.17) is 4.74 Å². The number of ether oxygens (including phenoxy) is 1. The number of hydrogen-bond donors (Lipinski definition) is 3. The molecule has 1 saturated heterocycles. The van der Waals surface area contributed by atoms with Crippen LogP contribution in [0.15, 0.2) is 31.0 Å². The average molecular weight is 406 g/mol. The molecule has 1 aromatic heterocycles. The third-order valence-corrected chi connectivity index (χ3v) is 5.77. The molecule has 1 fully saturated rings. The summed E-state index contributed by atoms with van der Waals surface area (Å²) in [6, 6.07) is 3.22. The zero-order valence-electron chi connectivity index (χ0n) is 17.0. The van der Waals surface area contributed by atoms with Crippen LogP contribution >= 0.6 is 0 Å². The third-order valence-electron chi connectivity index (χ3n) is 5.77. The molecule has 158 valence electrons. The SMILES string of the molecule is C=C(N[C@@H]1C(C)CC(CO)OC1O)c1cn(Cc2ccc(F)cc2F)c(C)c1C. The summed E-state index contributed by atoms with van der Waals surface area (Å²) in [4.78, 5) is 0. The average Bonchev–Trinajstić information content (AvgIpc) is 2.95. The van der Waals surface area contributed by atoms with Crippen molar-refractivity contribution in [2.24, 2.45) is 5.92 Å². The predicted octanol–water partition coefficient (Wildman–Crippen LogP) is 3.10. The monoisotopic (exact) mass is 406 g/mol. The van der Waals surface area contributed by atoms with Crippen molar-refractivity contribution in [1.29, 1.82) is 0 Å². The Morgan fingerprint density at radius 3 is 2.69 bits per heavy atom. The van der Waals surface area contributed by atoms with Gasteiger partial charge in [0, 0.05) is 34.8 Å². The minimum absolute atomic E-state index is 0.0736. The van der Waals surface area contributed by atoms with Crippen LogP contribution in [-0.2, 0) is 11.3 Å². The number of nitrogens with zero attached hydrogens (tertiary/aromatic N) is 1. The Morgan fingerprint density at radius 2 is 2.07 bits per heavy atom. The van der Waals surface area contributed by atoms with E-state index in [2.05, 4.69) is 11.9 Å². The first-order valence-corrected chi connectivity index (χ1v) is 9.71. The van der Waals surface area contributed by atoms with Crippen LogP contribution in [0, 0.1) is 31.4 Å². The van der Waals surface area contributed by atoms with Gasteiger partial charge in [0.25, 0.3) is 0 Å². The van der Waals surface area contributed by atoms with Gasteiger partial charge in [-0.3, -0.25) is 0 Å². The zero-order chi connectivity index (χ0) is 21.3. The van der Waals surface area contributed by atoms with E-state index >= 15 is 0 Å². The zero-order valence-corrected chi connectivity index (χ0v) is 17.0. The Bertz CT molecular complexity index is 884. The van der Waals surface area contributed by atoms with Gasteiger partial charge in [-0.15, -0.1) is 0 Å². The second-order valence-electron chi connectivity index (χ2n) is 7.81. The maximum absolute atomic E-state index is 14.0. The van der Waals surface area contributed by atoms with E-state index in [1.807, 2.05) is 31.5 Å². The fourth-order valence-electron chi connectivity index (χ4n) is 3.85. The molecule has 0 spiro atoms. The number of aliphatic hydroxyl groups is 2. The van der Waals surface area contributed by atoms with E-state index in [0.29, 0.717) is 17.7 Å². The second kappa shape index (κ2) is 8.65. The summed E-state index contributed by atoms with van der Waals surface area (Å²) in [6.45, 7) is 10.1. The Balaban J connectivity index is 1.77. The van der Waals surface area contributed by atoms with Crippen molar-refractivity contribution in [3.05, 3.63) is 65.0 Å². The van der Waals surface area contributed by atoms with Crippen LogP contribution in [0.25, 0.3) is 5.70 Å². The molecule has 3 rings (SSSR count). The van der Waals surface area contributed by atoms with Crippen molar-refractivity contribution in [2.45, 2.75) is 52.2 Å². The third kappa shape index (κ3) is 4.52. The molecule has 0 saturated carbocycles. The summed E-state index contributed by atoms with van der Waals surface area (Å²) in [5, 5.41) is 22.8. The lowest BCUT2D eigenvalue weighted by atomic mass is 9.91. The summed E-state index contributed by atoms with van der Waals surface area (Å²) in [7, 11) is 0. The van der Waals surface area contributed by atoms with Crippen LogP contribution in [0.4, 0.5) is 8.78 Å². The molecule has 0 aliphatic carbocycles. The van der Waals surface area contributed by atoms with Crippen LogP contribution in [0.1, 0.15) is 35.7 Å². The van der Waals surface area contributed by atoms with Gasteiger partial charge in [-0.05, 0) is 37.8 Å². The highest BCUT2D eigenvalue weighted by molar-refractivity contribution is 5.65. The maximum Gasteiger partial charge on any atom is 0.175 e. The molecule has 4 atom stereocenters. The van der Waals surface area contributed by atoms with E-state index in [1.54, 1.807) is 0 Å². The Morgan fingerprint density at radius 1 is 1.34 bits per heavy atom. The number of halogens is 2.